The fraction of sp³-hybridized carbons (Fsp3) is 0.333. The Balaban J connectivity index is 2.59. The Kier molecular flexibility index (Phi) is 3.11. The molecule has 0 saturated heterocycles. The van der Waals surface area contributed by atoms with Crippen LogP contribution in [-0.4, -0.2) is 27.7 Å². The highest BCUT2D eigenvalue weighted by atomic mass is 16.5. The molecule has 1 aromatic rings. The van der Waals surface area contributed by atoms with E-state index in [1.807, 2.05) is 0 Å². The van der Waals surface area contributed by atoms with Crippen LogP contribution in [0.4, 0.5) is 5.69 Å². The van der Waals surface area contributed by atoms with Crippen molar-refractivity contribution in [3.63, 3.8) is 0 Å². The minimum absolute atomic E-state index is 0.183. The van der Waals surface area contributed by atoms with Gasteiger partial charge < -0.3 is 20.6 Å². The summed E-state index contributed by atoms with van der Waals surface area (Å²) in [6.45, 7) is 1.65. The van der Waals surface area contributed by atoms with Crippen LogP contribution in [0.5, 0.6) is 5.75 Å². The number of phenolic OH excluding ortho intramolecular Hbond substituents is 1. The molecule has 4 N–H and O–H groups in total. The number of hydrogen-bond acceptors (Lipinski definition) is 4. The molecule has 4 heteroatoms. The van der Waals surface area contributed by atoms with Gasteiger partial charge in [-0.1, -0.05) is 0 Å². The Hall–Kier alpha value is -1.26. The van der Waals surface area contributed by atoms with Gasteiger partial charge in [-0.3, -0.25) is 0 Å². The summed E-state index contributed by atoms with van der Waals surface area (Å²) in [5, 5.41) is 29.4. The Bertz CT molecular complexity index is 258. The second kappa shape index (κ2) is 4.11. The molecule has 0 aliphatic rings. The van der Waals surface area contributed by atoms with Gasteiger partial charge in [0.1, 0.15) is 5.75 Å². The summed E-state index contributed by atoms with van der Waals surface area (Å²) in [5.74, 6) is 0.183. The summed E-state index contributed by atoms with van der Waals surface area (Å²) in [5.41, 5.74) is 0.735. The molecule has 1 rings (SSSR count). The molecule has 0 saturated carbocycles. The lowest BCUT2D eigenvalue weighted by molar-refractivity contribution is -0.0491. The lowest BCUT2D eigenvalue weighted by Crippen LogP contribution is -2.29. The minimum Gasteiger partial charge on any atom is -0.508 e. The number of aromatic hydroxyl groups is 1. The second-order valence-corrected chi connectivity index (χ2v) is 2.89. The van der Waals surface area contributed by atoms with Crippen LogP contribution < -0.4 is 5.32 Å². The van der Waals surface area contributed by atoms with Crippen molar-refractivity contribution in [2.75, 3.05) is 5.32 Å². The molecular weight excluding hydrogens is 170 g/mol. The average Bonchev–Trinajstić information content (AvgIpc) is 2.08. The van der Waals surface area contributed by atoms with Gasteiger partial charge in [-0.05, 0) is 31.2 Å². The molecule has 0 aliphatic carbocycles. The molecule has 1 aromatic carbocycles. The van der Waals surface area contributed by atoms with Gasteiger partial charge in [0.05, 0.1) is 6.04 Å². The SMILES string of the molecule is CC(Nc1ccc(O)cc1)C(O)O. The molecule has 0 radical (unpaired) electrons. The maximum Gasteiger partial charge on any atom is 0.171 e. The van der Waals surface area contributed by atoms with E-state index in [0.717, 1.165) is 5.69 Å². The molecule has 0 spiro atoms. The maximum atomic E-state index is 8.97. The van der Waals surface area contributed by atoms with E-state index in [2.05, 4.69) is 5.32 Å². The van der Waals surface area contributed by atoms with Crippen molar-refractivity contribution in [1.29, 1.82) is 0 Å². The third-order valence-corrected chi connectivity index (χ3v) is 1.71. The van der Waals surface area contributed by atoms with Gasteiger partial charge in [0.25, 0.3) is 0 Å². The van der Waals surface area contributed by atoms with Crippen LogP contribution in [-0.2, 0) is 0 Å². The van der Waals surface area contributed by atoms with Crippen LogP contribution >= 0.6 is 0 Å². The third kappa shape index (κ3) is 2.93. The van der Waals surface area contributed by atoms with Crippen molar-refractivity contribution >= 4 is 5.69 Å². The summed E-state index contributed by atoms with van der Waals surface area (Å²) in [6, 6.07) is 5.93. The van der Waals surface area contributed by atoms with E-state index < -0.39 is 12.3 Å². The first-order valence-electron chi connectivity index (χ1n) is 4.01. The number of aliphatic hydroxyl groups is 2. The molecule has 72 valence electrons. The molecule has 0 aliphatic heterocycles. The lowest BCUT2D eigenvalue weighted by atomic mass is 10.2. The summed E-state index contributed by atoms with van der Waals surface area (Å²) >= 11 is 0. The summed E-state index contributed by atoms with van der Waals surface area (Å²) < 4.78 is 0. The number of hydrogen-bond donors (Lipinski definition) is 4. The van der Waals surface area contributed by atoms with Crippen molar-refractivity contribution < 1.29 is 15.3 Å². The predicted octanol–water partition coefficient (Wildman–Crippen LogP) is 0.503. The Morgan fingerprint density at radius 1 is 1.15 bits per heavy atom. The topological polar surface area (TPSA) is 72.7 Å². The van der Waals surface area contributed by atoms with Gasteiger partial charge in [-0.15, -0.1) is 0 Å². The molecule has 0 amide bonds. The molecular formula is C9H13NO3. The zero-order valence-electron chi connectivity index (χ0n) is 7.31. The highest BCUT2D eigenvalue weighted by Crippen LogP contribution is 2.14. The lowest BCUT2D eigenvalue weighted by Gasteiger charge is -2.16. The standard InChI is InChI=1S/C9H13NO3/c1-6(9(12)13)10-7-2-4-8(11)5-3-7/h2-6,9-13H,1H3. The normalized spacial score (nSPS) is 12.9. The first-order chi connectivity index (χ1) is 6.09. The Morgan fingerprint density at radius 3 is 2.15 bits per heavy atom. The molecule has 0 fully saturated rings. The summed E-state index contributed by atoms with van der Waals surface area (Å²) in [7, 11) is 0. The molecule has 1 unspecified atom stereocenters. The Morgan fingerprint density at radius 2 is 1.69 bits per heavy atom. The number of aliphatic hydroxyl groups excluding tert-OH is 1. The molecule has 0 bridgehead atoms. The average molecular weight is 183 g/mol. The van der Waals surface area contributed by atoms with E-state index in [1.54, 1.807) is 19.1 Å². The first-order valence-corrected chi connectivity index (χ1v) is 4.01. The number of nitrogens with one attached hydrogen (secondary N) is 1. The highest BCUT2D eigenvalue weighted by molar-refractivity contribution is 5.46. The second-order valence-electron chi connectivity index (χ2n) is 2.89. The molecule has 4 nitrogen and oxygen atoms in total. The Labute approximate surface area is 76.5 Å². The van der Waals surface area contributed by atoms with E-state index in [-0.39, 0.29) is 5.75 Å². The van der Waals surface area contributed by atoms with E-state index >= 15 is 0 Å². The predicted molar refractivity (Wildman–Crippen MR) is 49.4 cm³/mol. The largest absolute Gasteiger partial charge is 0.508 e. The van der Waals surface area contributed by atoms with Gasteiger partial charge in [0, 0.05) is 5.69 Å². The maximum absolute atomic E-state index is 8.97. The number of anilines is 1. The van der Waals surface area contributed by atoms with E-state index in [0.29, 0.717) is 0 Å². The molecule has 1 atom stereocenters. The fourth-order valence-electron chi connectivity index (χ4n) is 0.895. The third-order valence-electron chi connectivity index (χ3n) is 1.71. The smallest absolute Gasteiger partial charge is 0.171 e. The van der Waals surface area contributed by atoms with Crippen LogP contribution in [0.1, 0.15) is 6.92 Å². The van der Waals surface area contributed by atoms with Gasteiger partial charge in [-0.25, -0.2) is 0 Å². The molecule has 0 aromatic heterocycles. The van der Waals surface area contributed by atoms with Crippen molar-refractivity contribution in [3.8, 4) is 5.75 Å². The quantitative estimate of drug-likeness (QED) is 0.407. The van der Waals surface area contributed by atoms with Crippen LogP contribution in [0.15, 0.2) is 24.3 Å². The first kappa shape index (κ1) is 9.83. The van der Waals surface area contributed by atoms with E-state index in [1.165, 1.54) is 12.1 Å². The van der Waals surface area contributed by atoms with E-state index in [9.17, 15) is 0 Å². The van der Waals surface area contributed by atoms with E-state index in [4.69, 9.17) is 15.3 Å². The number of phenols is 1. The van der Waals surface area contributed by atoms with Crippen molar-refractivity contribution in [2.24, 2.45) is 0 Å². The van der Waals surface area contributed by atoms with Gasteiger partial charge >= 0.3 is 0 Å². The van der Waals surface area contributed by atoms with Crippen molar-refractivity contribution in [3.05, 3.63) is 24.3 Å². The van der Waals surface area contributed by atoms with Crippen LogP contribution in [0, 0.1) is 0 Å². The number of benzene rings is 1. The van der Waals surface area contributed by atoms with Crippen LogP contribution in [0.2, 0.25) is 0 Å². The highest BCUT2D eigenvalue weighted by Gasteiger charge is 2.08. The zero-order chi connectivity index (χ0) is 9.84. The number of rotatable bonds is 3. The van der Waals surface area contributed by atoms with Gasteiger partial charge in [0.15, 0.2) is 6.29 Å². The van der Waals surface area contributed by atoms with Gasteiger partial charge in [0.2, 0.25) is 0 Å². The van der Waals surface area contributed by atoms with Crippen LogP contribution in [0.25, 0.3) is 0 Å². The minimum atomic E-state index is -1.39. The van der Waals surface area contributed by atoms with Gasteiger partial charge in [-0.2, -0.15) is 0 Å². The zero-order valence-corrected chi connectivity index (χ0v) is 7.31. The molecule has 13 heavy (non-hydrogen) atoms. The monoisotopic (exact) mass is 183 g/mol. The summed E-state index contributed by atoms with van der Waals surface area (Å²) in [6.07, 6.45) is -1.39. The van der Waals surface area contributed by atoms with Crippen LogP contribution in [0.3, 0.4) is 0 Å². The van der Waals surface area contributed by atoms with Crippen molar-refractivity contribution in [2.45, 2.75) is 19.3 Å². The molecule has 0 heterocycles. The summed E-state index contributed by atoms with van der Waals surface area (Å²) in [4.78, 5) is 0. The van der Waals surface area contributed by atoms with Crippen molar-refractivity contribution in [1.82, 2.24) is 0 Å². The fourth-order valence-corrected chi connectivity index (χ4v) is 0.895.